The smallest absolute Gasteiger partial charge is 0.257 e. The highest BCUT2D eigenvalue weighted by Crippen LogP contribution is 2.29. The predicted molar refractivity (Wildman–Crippen MR) is 63.8 cm³/mol. The lowest BCUT2D eigenvalue weighted by molar-refractivity contribution is 0.0747. The van der Waals surface area contributed by atoms with Crippen LogP contribution in [0.15, 0.2) is 22.7 Å². The molecule has 0 aromatic heterocycles. The van der Waals surface area contributed by atoms with E-state index >= 15 is 0 Å². The van der Waals surface area contributed by atoms with Crippen LogP contribution in [0.1, 0.15) is 30.1 Å². The third-order valence-electron chi connectivity index (χ3n) is 2.77. The van der Waals surface area contributed by atoms with Crippen molar-refractivity contribution in [3.8, 4) is 0 Å². The zero-order valence-electron chi connectivity index (χ0n) is 9.04. The fourth-order valence-electron chi connectivity index (χ4n) is 1.78. The standard InChI is InChI=1S/C12H13BrFNO/c1-2-15(8-6-7-8)12(16)9-4-3-5-10(13)11(9)14/h3-5,8H,2,6-7H2,1H3. The highest BCUT2D eigenvalue weighted by molar-refractivity contribution is 9.10. The second-order valence-electron chi connectivity index (χ2n) is 3.92. The fraction of sp³-hybridized carbons (Fsp3) is 0.417. The molecule has 0 heterocycles. The maximum absolute atomic E-state index is 13.7. The first-order valence-corrected chi connectivity index (χ1v) is 6.19. The molecule has 0 bridgehead atoms. The van der Waals surface area contributed by atoms with Crippen molar-refractivity contribution >= 4 is 21.8 Å². The van der Waals surface area contributed by atoms with Gasteiger partial charge in [0.2, 0.25) is 0 Å². The summed E-state index contributed by atoms with van der Waals surface area (Å²) in [4.78, 5) is 13.8. The Kier molecular flexibility index (Phi) is 3.28. The average Bonchev–Trinajstić information content (AvgIpc) is 3.07. The summed E-state index contributed by atoms with van der Waals surface area (Å²) in [5, 5.41) is 0. The molecule has 0 unspecified atom stereocenters. The predicted octanol–water partition coefficient (Wildman–Crippen LogP) is 3.21. The van der Waals surface area contributed by atoms with Crippen LogP contribution in [0.2, 0.25) is 0 Å². The summed E-state index contributed by atoms with van der Waals surface area (Å²) in [7, 11) is 0. The van der Waals surface area contributed by atoms with E-state index in [1.807, 2.05) is 6.92 Å². The number of hydrogen-bond acceptors (Lipinski definition) is 1. The number of carbonyl (C=O) groups is 1. The second kappa shape index (κ2) is 4.53. The molecule has 16 heavy (non-hydrogen) atoms. The normalized spacial score (nSPS) is 14.9. The van der Waals surface area contributed by atoms with Gasteiger partial charge in [-0.25, -0.2) is 4.39 Å². The number of hydrogen-bond donors (Lipinski definition) is 0. The topological polar surface area (TPSA) is 20.3 Å². The molecule has 1 aliphatic rings. The van der Waals surface area contributed by atoms with Crippen molar-refractivity contribution < 1.29 is 9.18 Å². The molecule has 0 N–H and O–H groups in total. The quantitative estimate of drug-likeness (QED) is 0.835. The SMILES string of the molecule is CCN(C(=O)c1cccc(Br)c1F)C1CC1. The highest BCUT2D eigenvalue weighted by Gasteiger charge is 2.32. The molecule has 1 aromatic carbocycles. The minimum absolute atomic E-state index is 0.156. The van der Waals surface area contributed by atoms with Gasteiger partial charge in [0.25, 0.3) is 5.91 Å². The molecule has 0 spiro atoms. The van der Waals surface area contributed by atoms with E-state index in [-0.39, 0.29) is 11.5 Å². The summed E-state index contributed by atoms with van der Waals surface area (Å²) >= 11 is 3.09. The summed E-state index contributed by atoms with van der Waals surface area (Å²) in [5.41, 5.74) is 0.156. The van der Waals surface area contributed by atoms with E-state index in [0.717, 1.165) is 12.8 Å². The number of benzene rings is 1. The van der Waals surface area contributed by atoms with Gasteiger partial charge in [-0.2, -0.15) is 0 Å². The number of halogens is 2. The van der Waals surface area contributed by atoms with Gasteiger partial charge in [0.1, 0.15) is 5.82 Å². The summed E-state index contributed by atoms with van der Waals surface area (Å²) in [6.07, 6.45) is 2.07. The number of amides is 1. The maximum atomic E-state index is 13.7. The Bertz CT molecular complexity index is 417. The Morgan fingerprint density at radius 1 is 1.56 bits per heavy atom. The van der Waals surface area contributed by atoms with Gasteiger partial charge >= 0.3 is 0 Å². The highest BCUT2D eigenvalue weighted by atomic mass is 79.9. The van der Waals surface area contributed by atoms with Crippen molar-refractivity contribution in [2.24, 2.45) is 0 Å². The maximum Gasteiger partial charge on any atom is 0.257 e. The molecule has 86 valence electrons. The lowest BCUT2D eigenvalue weighted by Crippen LogP contribution is -2.33. The molecule has 2 rings (SSSR count). The molecule has 0 radical (unpaired) electrons. The molecule has 0 saturated heterocycles. The molecule has 4 heteroatoms. The summed E-state index contributed by atoms with van der Waals surface area (Å²) in [6, 6.07) is 5.13. The van der Waals surface area contributed by atoms with Gasteiger partial charge < -0.3 is 4.90 Å². The first kappa shape index (κ1) is 11.6. The van der Waals surface area contributed by atoms with Crippen molar-refractivity contribution in [2.75, 3.05) is 6.54 Å². The Morgan fingerprint density at radius 3 is 2.81 bits per heavy atom. The van der Waals surface area contributed by atoms with Gasteiger partial charge in [0, 0.05) is 12.6 Å². The van der Waals surface area contributed by atoms with Crippen LogP contribution in [0, 0.1) is 5.82 Å². The third-order valence-corrected chi connectivity index (χ3v) is 3.38. The van der Waals surface area contributed by atoms with Gasteiger partial charge in [-0.3, -0.25) is 4.79 Å². The van der Waals surface area contributed by atoms with Gasteiger partial charge in [0.15, 0.2) is 0 Å². The Balaban J connectivity index is 2.28. The lowest BCUT2D eigenvalue weighted by Gasteiger charge is -2.20. The second-order valence-corrected chi connectivity index (χ2v) is 4.78. The van der Waals surface area contributed by atoms with E-state index in [2.05, 4.69) is 15.9 Å². The third kappa shape index (κ3) is 2.12. The van der Waals surface area contributed by atoms with Crippen molar-refractivity contribution in [3.05, 3.63) is 34.1 Å². The molecule has 0 aliphatic heterocycles. The van der Waals surface area contributed by atoms with Crippen LogP contribution < -0.4 is 0 Å². The van der Waals surface area contributed by atoms with E-state index in [9.17, 15) is 9.18 Å². The van der Waals surface area contributed by atoms with Crippen LogP contribution in [-0.2, 0) is 0 Å². The van der Waals surface area contributed by atoms with E-state index in [1.54, 1.807) is 17.0 Å². The van der Waals surface area contributed by atoms with Crippen molar-refractivity contribution in [1.29, 1.82) is 0 Å². The summed E-state index contributed by atoms with van der Waals surface area (Å²) in [5.74, 6) is -0.671. The van der Waals surface area contributed by atoms with Crippen LogP contribution in [0.3, 0.4) is 0 Å². The first-order valence-electron chi connectivity index (χ1n) is 5.40. The summed E-state index contributed by atoms with van der Waals surface area (Å²) in [6.45, 7) is 2.56. The molecular formula is C12H13BrFNO. The molecule has 2 nitrogen and oxygen atoms in total. The Morgan fingerprint density at radius 2 is 2.25 bits per heavy atom. The van der Waals surface area contributed by atoms with E-state index in [4.69, 9.17) is 0 Å². The Labute approximate surface area is 103 Å². The molecule has 1 fully saturated rings. The molecule has 1 aromatic rings. The number of carbonyl (C=O) groups excluding carboxylic acids is 1. The zero-order valence-corrected chi connectivity index (χ0v) is 10.6. The van der Waals surface area contributed by atoms with Crippen LogP contribution in [0.25, 0.3) is 0 Å². The first-order chi connectivity index (χ1) is 7.65. The van der Waals surface area contributed by atoms with Crippen molar-refractivity contribution in [1.82, 2.24) is 4.90 Å². The van der Waals surface area contributed by atoms with Crippen molar-refractivity contribution in [2.45, 2.75) is 25.8 Å². The minimum atomic E-state index is -0.466. The van der Waals surface area contributed by atoms with E-state index in [0.29, 0.717) is 17.1 Å². The summed E-state index contributed by atoms with van der Waals surface area (Å²) < 4.78 is 14.1. The monoisotopic (exact) mass is 285 g/mol. The fourth-order valence-corrected chi connectivity index (χ4v) is 2.14. The van der Waals surface area contributed by atoms with Gasteiger partial charge in [-0.1, -0.05) is 6.07 Å². The van der Waals surface area contributed by atoms with Gasteiger partial charge in [-0.15, -0.1) is 0 Å². The van der Waals surface area contributed by atoms with Crippen molar-refractivity contribution in [3.63, 3.8) is 0 Å². The average molecular weight is 286 g/mol. The lowest BCUT2D eigenvalue weighted by atomic mass is 10.2. The molecule has 1 aliphatic carbocycles. The molecular weight excluding hydrogens is 273 g/mol. The number of nitrogens with zero attached hydrogens (tertiary/aromatic N) is 1. The largest absolute Gasteiger partial charge is 0.336 e. The van der Waals surface area contributed by atoms with Crippen LogP contribution in [-0.4, -0.2) is 23.4 Å². The van der Waals surface area contributed by atoms with Crippen LogP contribution in [0.4, 0.5) is 4.39 Å². The van der Waals surface area contributed by atoms with Crippen LogP contribution in [0.5, 0.6) is 0 Å². The van der Waals surface area contributed by atoms with Gasteiger partial charge in [0.05, 0.1) is 10.0 Å². The molecule has 0 atom stereocenters. The van der Waals surface area contributed by atoms with E-state index < -0.39 is 5.82 Å². The molecule has 1 saturated carbocycles. The molecule has 1 amide bonds. The van der Waals surface area contributed by atoms with Crippen LogP contribution >= 0.6 is 15.9 Å². The number of rotatable bonds is 3. The Hall–Kier alpha value is -0.900. The minimum Gasteiger partial charge on any atom is -0.336 e. The van der Waals surface area contributed by atoms with E-state index in [1.165, 1.54) is 6.07 Å². The van der Waals surface area contributed by atoms with Gasteiger partial charge in [-0.05, 0) is 47.8 Å². The zero-order chi connectivity index (χ0) is 11.7.